The van der Waals surface area contributed by atoms with Crippen molar-refractivity contribution in [1.82, 2.24) is 5.32 Å². The summed E-state index contributed by atoms with van der Waals surface area (Å²) in [5.41, 5.74) is 2.08. The quantitative estimate of drug-likeness (QED) is 0.399. The zero-order valence-corrected chi connectivity index (χ0v) is 18.8. The molecule has 1 fully saturated rings. The number of esters is 1. The van der Waals surface area contributed by atoms with Crippen molar-refractivity contribution in [2.45, 2.75) is 13.8 Å². The number of nitrogens with zero attached hydrogens (tertiary/aromatic N) is 1. The van der Waals surface area contributed by atoms with Crippen LogP contribution in [-0.2, 0) is 19.1 Å². The monoisotopic (exact) mass is 476 g/mol. The molecule has 8 nitrogen and oxygen atoms in total. The maximum Gasteiger partial charge on any atom is 0.343 e. The second-order valence-electron chi connectivity index (χ2n) is 6.98. The average Bonchev–Trinajstić information content (AvgIpc) is 2.69. The first-order valence-corrected chi connectivity index (χ1v) is 10.0. The summed E-state index contributed by atoms with van der Waals surface area (Å²) in [5.74, 6) is -2.21. The van der Waals surface area contributed by atoms with E-state index in [0.29, 0.717) is 11.3 Å². The molecule has 0 bridgehead atoms. The molecular weight excluding hydrogens is 459 g/mol. The third kappa shape index (κ3) is 4.92. The molecule has 1 aliphatic heterocycles. The smallest absolute Gasteiger partial charge is 0.343 e. The van der Waals surface area contributed by atoms with Gasteiger partial charge in [-0.2, -0.15) is 0 Å². The molecule has 10 heteroatoms. The van der Waals surface area contributed by atoms with Crippen LogP contribution < -0.4 is 15.0 Å². The molecule has 3 rings (SSSR count). The standard InChI is InChI=1S/C22H18Cl2N2O6/c1-11-4-12(2)6-14(5-11)26-21(29)15(20(28)25-22(26)30)7-13-8-16(23)19(17(24)9-13)32-10-18(27)31-3/h4-9H,10H2,1-3H3,(H,25,28,30)/b15-7+. The number of methoxy groups -OCH3 is 1. The molecule has 1 saturated heterocycles. The van der Waals surface area contributed by atoms with Crippen molar-refractivity contribution in [3.63, 3.8) is 0 Å². The highest BCUT2D eigenvalue weighted by Crippen LogP contribution is 2.35. The largest absolute Gasteiger partial charge is 0.479 e. The minimum Gasteiger partial charge on any atom is -0.479 e. The van der Waals surface area contributed by atoms with Crippen molar-refractivity contribution in [2.75, 3.05) is 18.6 Å². The Hall–Kier alpha value is -3.36. The SMILES string of the molecule is COC(=O)COc1c(Cl)cc(/C=C2\C(=O)NC(=O)N(c3cc(C)cc(C)c3)C2=O)cc1Cl. The number of anilines is 1. The summed E-state index contributed by atoms with van der Waals surface area (Å²) in [7, 11) is 1.21. The van der Waals surface area contributed by atoms with Gasteiger partial charge in [-0.05, 0) is 60.9 Å². The number of ether oxygens (including phenoxy) is 2. The summed E-state index contributed by atoms with van der Waals surface area (Å²) >= 11 is 12.4. The lowest BCUT2D eigenvalue weighted by molar-refractivity contribution is -0.143. The number of carbonyl (C=O) groups excluding carboxylic acids is 4. The normalized spacial score (nSPS) is 15.1. The summed E-state index contributed by atoms with van der Waals surface area (Å²) in [4.78, 5) is 50.0. The number of halogens is 2. The van der Waals surface area contributed by atoms with E-state index in [-0.39, 0.29) is 21.4 Å². The van der Waals surface area contributed by atoms with Gasteiger partial charge in [-0.3, -0.25) is 14.9 Å². The van der Waals surface area contributed by atoms with Crippen LogP contribution in [0.2, 0.25) is 10.0 Å². The van der Waals surface area contributed by atoms with Crippen LogP contribution in [0.5, 0.6) is 5.75 Å². The van der Waals surface area contributed by atoms with Crippen LogP contribution in [0.3, 0.4) is 0 Å². The number of amides is 4. The summed E-state index contributed by atoms with van der Waals surface area (Å²) in [6, 6.07) is 7.20. The van der Waals surface area contributed by atoms with E-state index in [1.165, 1.54) is 25.3 Å². The van der Waals surface area contributed by atoms with E-state index in [1.807, 2.05) is 19.9 Å². The van der Waals surface area contributed by atoms with E-state index >= 15 is 0 Å². The minimum absolute atomic E-state index is 0.0485. The Labute approximate surface area is 193 Å². The molecule has 0 spiro atoms. The molecular formula is C22H18Cl2N2O6. The van der Waals surface area contributed by atoms with E-state index in [4.69, 9.17) is 27.9 Å². The number of aryl methyl sites for hydroxylation is 2. The predicted molar refractivity (Wildman–Crippen MR) is 119 cm³/mol. The second-order valence-corrected chi connectivity index (χ2v) is 7.80. The predicted octanol–water partition coefficient (Wildman–Crippen LogP) is 3.83. The maximum absolute atomic E-state index is 13.1. The minimum atomic E-state index is -0.848. The van der Waals surface area contributed by atoms with E-state index < -0.39 is 30.4 Å². The van der Waals surface area contributed by atoms with Gasteiger partial charge in [0.25, 0.3) is 11.8 Å². The Balaban J connectivity index is 1.96. The molecule has 1 aliphatic rings. The highest BCUT2D eigenvalue weighted by Gasteiger charge is 2.37. The number of urea groups is 1. The number of imide groups is 2. The number of barbiturate groups is 1. The number of benzene rings is 2. The zero-order valence-electron chi connectivity index (χ0n) is 17.3. The van der Waals surface area contributed by atoms with Crippen LogP contribution in [0.1, 0.15) is 16.7 Å². The number of hydrogen-bond acceptors (Lipinski definition) is 6. The number of rotatable bonds is 5. The van der Waals surface area contributed by atoms with Gasteiger partial charge in [-0.15, -0.1) is 0 Å². The summed E-state index contributed by atoms with van der Waals surface area (Å²) in [6.07, 6.45) is 1.27. The Morgan fingerprint density at radius 1 is 1.03 bits per heavy atom. The Kier molecular flexibility index (Phi) is 6.86. The van der Waals surface area contributed by atoms with Gasteiger partial charge in [0.1, 0.15) is 5.57 Å². The molecule has 0 aromatic heterocycles. The average molecular weight is 477 g/mol. The fourth-order valence-electron chi connectivity index (χ4n) is 3.13. The first-order valence-electron chi connectivity index (χ1n) is 9.29. The Morgan fingerprint density at radius 2 is 1.62 bits per heavy atom. The third-order valence-corrected chi connectivity index (χ3v) is 5.02. The van der Waals surface area contributed by atoms with Gasteiger partial charge < -0.3 is 9.47 Å². The number of hydrogen-bond donors (Lipinski definition) is 1. The molecule has 0 aliphatic carbocycles. The molecule has 2 aromatic carbocycles. The van der Waals surface area contributed by atoms with Gasteiger partial charge in [0.05, 0.1) is 22.8 Å². The lowest BCUT2D eigenvalue weighted by Gasteiger charge is -2.27. The molecule has 1 N–H and O–H groups in total. The van der Waals surface area contributed by atoms with Crippen molar-refractivity contribution in [3.05, 3.63) is 62.6 Å². The van der Waals surface area contributed by atoms with Crippen molar-refractivity contribution < 1.29 is 28.7 Å². The summed E-state index contributed by atoms with van der Waals surface area (Å²) < 4.78 is 9.76. The first kappa shape index (κ1) is 23.3. The molecule has 166 valence electrons. The Bertz CT molecular complexity index is 1130. The second kappa shape index (κ2) is 9.42. The topological polar surface area (TPSA) is 102 Å². The molecule has 4 amide bonds. The third-order valence-electron chi connectivity index (χ3n) is 4.46. The van der Waals surface area contributed by atoms with Crippen LogP contribution in [-0.4, -0.2) is 37.5 Å². The Morgan fingerprint density at radius 3 is 2.19 bits per heavy atom. The van der Waals surface area contributed by atoms with Gasteiger partial charge in [0.2, 0.25) is 0 Å². The van der Waals surface area contributed by atoms with Crippen molar-refractivity contribution >= 4 is 58.8 Å². The van der Waals surface area contributed by atoms with Crippen molar-refractivity contribution in [3.8, 4) is 5.75 Å². The van der Waals surface area contributed by atoms with Crippen LogP contribution in [0.25, 0.3) is 6.08 Å². The lowest BCUT2D eigenvalue weighted by Crippen LogP contribution is -2.54. The van der Waals surface area contributed by atoms with Crippen LogP contribution in [0, 0.1) is 13.8 Å². The van der Waals surface area contributed by atoms with E-state index in [1.54, 1.807) is 12.1 Å². The van der Waals surface area contributed by atoms with Gasteiger partial charge >= 0.3 is 12.0 Å². The molecule has 1 heterocycles. The van der Waals surface area contributed by atoms with Crippen molar-refractivity contribution in [2.24, 2.45) is 0 Å². The molecule has 0 unspecified atom stereocenters. The first-order chi connectivity index (χ1) is 15.1. The molecule has 0 atom stereocenters. The van der Waals surface area contributed by atoms with Crippen LogP contribution in [0.4, 0.5) is 10.5 Å². The number of nitrogens with one attached hydrogen (secondary N) is 1. The summed E-state index contributed by atoms with van der Waals surface area (Å²) in [6.45, 7) is 3.27. The van der Waals surface area contributed by atoms with Crippen LogP contribution in [0.15, 0.2) is 35.9 Å². The van der Waals surface area contributed by atoms with Gasteiger partial charge in [-0.1, -0.05) is 29.3 Å². The van der Waals surface area contributed by atoms with Crippen LogP contribution >= 0.6 is 23.2 Å². The van der Waals surface area contributed by atoms with E-state index in [9.17, 15) is 19.2 Å². The molecule has 0 saturated carbocycles. The summed E-state index contributed by atoms with van der Waals surface area (Å²) in [5, 5.41) is 2.27. The van der Waals surface area contributed by atoms with Gasteiger partial charge in [0, 0.05) is 0 Å². The maximum atomic E-state index is 13.1. The highest BCUT2D eigenvalue weighted by molar-refractivity contribution is 6.40. The lowest BCUT2D eigenvalue weighted by atomic mass is 10.1. The molecule has 0 radical (unpaired) electrons. The molecule has 2 aromatic rings. The van der Waals surface area contributed by atoms with E-state index in [2.05, 4.69) is 10.1 Å². The van der Waals surface area contributed by atoms with Crippen molar-refractivity contribution in [1.29, 1.82) is 0 Å². The highest BCUT2D eigenvalue weighted by atomic mass is 35.5. The fraction of sp³-hybridized carbons (Fsp3) is 0.182. The van der Waals surface area contributed by atoms with Gasteiger partial charge in [0.15, 0.2) is 12.4 Å². The number of carbonyl (C=O) groups is 4. The molecule has 32 heavy (non-hydrogen) atoms. The van der Waals surface area contributed by atoms with E-state index in [0.717, 1.165) is 16.0 Å². The fourth-order valence-corrected chi connectivity index (χ4v) is 3.74. The van der Waals surface area contributed by atoms with Gasteiger partial charge in [-0.25, -0.2) is 14.5 Å². The zero-order chi connectivity index (χ0) is 23.6.